The van der Waals surface area contributed by atoms with E-state index < -0.39 is 10.0 Å². The molecule has 0 aliphatic carbocycles. The van der Waals surface area contributed by atoms with Gasteiger partial charge in [-0.1, -0.05) is 25.4 Å². The van der Waals surface area contributed by atoms with E-state index in [1.54, 1.807) is 13.2 Å². The van der Waals surface area contributed by atoms with Crippen molar-refractivity contribution in [3.8, 4) is 5.75 Å². The fourth-order valence-electron chi connectivity index (χ4n) is 3.24. The normalized spacial score (nSPS) is 12.6. The lowest BCUT2D eigenvalue weighted by molar-refractivity contribution is 0.0940. The van der Waals surface area contributed by atoms with Crippen LogP contribution in [-0.2, 0) is 10.0 Å². The molecule has 0 aliphatic heterocycles. The average Bonchev–Trinajstić information content (AvgIpc) is 2.66. The standard InChI is InChI=1S/C22H29ClN2O4S/c1-13(2)17-12-18(14(3)10-21(17)29-6)15(4)24-22(26)19-11-16(8-9-20(19)23)25(5)30(7,27)28/h8-13,15H,1-7H3,(H,24,26). The fourth-order valence-corrected chi connectivity index (χ4v) is 3.94. The molecule has 2 rings (SSSR count). The van der Waals surface area contributed by atoms with Crippen LogP contribution in [0.4, 0.5) is 5.69 Å². The number of nitrogens with one attached hydrogen (secondary N) is 1. The summed E-state index contributed by atoms with van der Waals surface area (Å²) >= 11 is 6.23. The van der Waals surface area contributed by atoms with Crippen LogP contribution in [-0.4, -0.2) is 34.7 Å². The number of hydrogen-bond acceptors (Lipinski definition) is 4. The molecule has 0 bridgehead atoms. The molecule has 30 heavy (non-hydrogen) atoms. The smallest absolute Gasteiger partial charge is 0.253 e. The summed E-state index contributed by atoms with van der Waals surface area (Å²) in [6.07, 6.45) is 1.10. The molecule has 2 aromatic rings. The van der Waals surface area contributed by atoms with E-state index in [1.807, 2.05) is 19.9 Å². The minimum atomic E-state index is -3.46. The van der Waals surface area contributed by atoms with Gasteiger partial charge in [0.2, 0.25) is 10.0 Å². The maximum atomic E-state index is 12.9. The quantitative estimate of drug-likeness (QED) is 0.662. The minimum absolute atomic E-state index is 0.215. The molecule has 1 atom stereocenters. The van der Waals surface area contributed by atoms with Gasteiger partial charge in [-0.3, -0.25) is 9.10 Å². The highest BCUT2D eigenvalue weighted by Gasteiger charge is 2.20. The lowest BCUT2D eigenvalue weighted by atomic mass is 9.93. The molecule has 164 valence electrons. The number of aryl methyl sites for hydroxylation is 1. The van der Waals surface area contributed by atoms with Gasteiger partial charge in [-0.25, -0.2) is 8.42 Å². The molecule has 2 aromatic carbocycles. The lowest BCUT2D eigenvalue weighted by Gasteiger charge is -2.22. The van der Waals surface area contributed by atoms with Crippen molar-refractivity contribution in [2.45, 2.75) is 39.7 Å². The summed E-state index contributed by atoms with van der Waals surface area (Å²) in [6.45, 7) is 8.05. The zero-order valence-electron chi connectivity index (χ0n) is 18.4. The third-order valence-electron chi connectivity index (χ3n) is 5.11. The molecule has 1 unspecified atom stereocenters. The second-order valence-electron chi connectivity index (χ2n) is 7.70. The molecule has 0 aliphatic rings. The van der Waals surface area contributed by atoms with Gasteiger partial charge in [0, 0.05) is 7.05 Å². The van der Waals surface area contributed by atoms with Gasteiger partial charge >= 0.3 is 0 Å². The third kappa shape index (κ3) is 5.26. The van der Waals surface area contributed by atoms with Gasteiger partial charge in [-0.2, -0.15) is 0 Å². The van der Waals surface area contributed by atoms with E-state index in [1.165, 1.54) is 19.2 Å². The SMILES string of the molecule is COc1cc(C)c(C(C)NC(=O)c2cc(N(C)S(C)(=O)=O)ccc2Cl)cc1C(C)C. The summed E-state index contributed by atoms with van der Waals surface area (Å²) in [4.78, 5) is 12.9. The molecule has 0 radical (unpaired) electrons. The molecule has 0 spiro atoms. The fraction of sp³-hybridized carbons (Fsp3) is 0.409. The molecule has 0 heterocycles. The van der Waals surface area contributed by atoms with Crippen molar-refractivity contribution in [2.75, 3.05) is 24.7 Å². The van der Waals surface area contributed by atoms with Gasteiger partial charge in [0.1, 0.15) is 5.75 Å². The Morgan fingerprint density at radius 1 is 1.13 bits per heavy atom. The summed E-state index contributed by atoms with van der Waals surface area (Å²) in [5.74, 6) is 0.710. The van der Waals surface area contributed by atoms with Crippen molar-refractivity contribution in [3.05, 3.63) is 57.6 Å². The van der Waals surface area contributed by atoms with E-state index in [0.29, 0.717) is 5.69 Å². The van der Waals surface area contributed by atoms with Crippen molar-refractivity contribution in [3.63, 3.8) is 0 Å². The minimum Gasteiger partial charge on any atom is -0.496 e. The number of carbonyl (C=O) groups excluding carboxylic acids is 1. The number of ether oxygens (including phenoxy) is 1. The van der Waals surface area contributed by atoms with E-state index in [0.717, 1.165) is 33.0 Å². The van der Waals surface area contributed by atoms with Gasteiger partial charge in [0.05, 0.1) is 35.7 Å². The number of methoxy groups -OCH3 is 1. The van der Waals surface area contributed by atoms with Crippen LogP contribution in [0.1, 0.15) is 59.8 Å². The molecular weight excluding hydrogens is 424 g/mol. The number of rotatable bonds is 7. The molecular formula is C22H29ClN2O4S. The Hall–Kier alpha value is -2.25. The van der Waals surface area contributed by atoms with Gasteiger partial charge in [-0.05, 0) is 66.8 Å². The van der Waals surface area contributed by atoms with Crippen molar-refractivity contribution < 1.29 is 17.9 Å². The summed E-state index contributed by atoms with van der Waals surface area (Å²) < 4.78 is 30.2. The molecule has 8 heteroatoms. The third-order valence-corrected chi connectivity index (χ3v) is 6.65. The Labute approximate surface area is 184 Å². The Kier molecular flexibility index (Phi) is 7.42. The predicted molar refractivity (Wildman–Crippen MR) is 122 cm³/mol. The lowest BCUT2D eigenvalue weighted by Crippen LogP contribution is -2.29. The Morgan fingerprint density at radius 3 is 2.30 bits per heavy atom. The van der Waals surface area contributed by atoms with Crippen LogP contribution in [0.25, 0.3) is 0 Å². The Bertz CT molecular complexity index is 1050. The Morgan fingerprint density at radius 2 is 1.77 bits per heavy atom. The van der Waals surface area contributed by atoms with Crippen molar-refractivity contribution in [1.82, 2.24) is 5.32 Å². The maximum absolute atomic E-state index is 12.9. The van der Waals surface area contributed by atoms with E-state index >= 15 is 0 Å². The summed E-state index contributed by atoms with van der Waals surface area (Å²) in [5.41, 5.74) is 3.62. The molecule has 0 saturated carbocycles. The van der Waals surface area contributed by atoms with Gasteiger partial charge in [0.15, 0.2) is 0 Å². The van der Waals surface area contributed by atoms with Crippen LogP contribution >= 0.6 is 11.6 Å². The maximum Gasteiger partial charge on any atom is 0.253 e. The highest BCUT2D eigenvalue weighted by atomic mass is 35.5. The molecule has 0 aromatic heterocycles. The second kappa shape index (κ2) is 9.27. The summed E-state index contributed by atoms with van der Waals surface area (Å²) in [5, 5.41) is 3.22. The van der Waals surface area contributed by atoms with Gasteiger partial charge < -0.3 is 10.1 Å². The van der Waals surface area contributed by atoms with Crippen LogP contribution < -0.4 is 14.4 Å². The number of anilines is 1. The van der Waals surface area contributed by atoms with Crippen molar-refractivity contribution in [1.29, 1.82) is 0 Å². The van der Waals surface area contributed by atoms with Gasteiger partial charge in [0.25, 0.3) is 5.91 Å². The number of halogens is 1. The van der Waals surface area contributed by atoms with Crippen LogP contribution in [0.3, 0.4) is 0 Å². The monoisotopic (exact) mass is 452 g/mol. The molecule has 1 N–H and O–H groups in total. The largest absolute Gasteiger partial charge is 0.496 e. The van der Waals surface area contributed by atoms with Crippen LogP contribution in [0.5, 0.6) is 5.75 Å². The number of nitrogens with zero attached hydrogens (tertiary/aromatic N) is 1. The van der Waals surface area contributed by atoms with Gasteiger partial charge in [-0.15, -0.1) is 0 Å². The van der Waals surface area contributed by atoms with Crippen molar-refractivity contribution in [2.24, 2.45) is 0 Å². The van der Waals surface area contributed by atoms with Crippen LogP contribution in [0.2, 0.25) is 5.02 Å². The highest BCUT2D eigenvalue weighted by molar-refractivity contribution is 7.92. The first kappa shape index (κ1) is 24.0. The molecule has 0 saturated heterocycles. The number of sulfonamides is 1. The predicted octanol–water partition coefficient (Wildman–Crippen LogP) is 4.67. The first-order valence-electron chi connectivity index (χ1n) is 9.59. The summed E-state index contributed by atoms with van der Waals surface area (Å²) in [6, 6.07) is 8.31. The zero-order chi connectivity index (χ0) is 22.8. The number of hydrogen-bond donors (Lipinski definition) is 1. The number of benzene rings is 2. The molecule has 0 fully saturated rings. The van der Waals surface area contributed by atoms with E-state index in [-0.39, 0.29) is 28.5 Å². The first-order chi connectivity index (χ1) is 13.9. The van der Waals surface area contributed by atoms with Crippen LogP contribution in [0.15, 0.2) is 30.3 Å². The summed E-state index contributed by atoms with van der Waals surface area (Å²) in [7, 11) is -0.381. The van der Waals surface area contributed by atoms with E-state index in [4.69, 9.17) is 16.3 Å². The topological polar surface area (TPSA) is 75.7 Å². The second-order valence-corrected chi connectivity index (χ2v) is 10.1. The molecule has 1 amide bonds. The van der Waals surface area contributed by atoms with Crippen molar-refractivity contribution >= 4 is 33.2 Å². The van der Waals surface area contributed by atoms with E-state index in [9.17, 15) is 13.2 Å². The number of carbonyl (C=O) groups is 1. The number of amides is 1. The Balaban J connectivity index is 2.36. The first-order valence-corrected chi connectivity index (χ1v) is 11.8. The zero-order valence-corrected chi connectivity index (χ0v) is 20.0. The van der Waals surface area contributed by atoms with E-state index in [2.05, 4.69) is 25.2 Å². The molecule has 6 nitrogen and oxygen atoms in total. The van der Waals surface area contributed by atoms with Crippen LogP contribution in [0, 0.1) is 6.92 Å². The average molecular weight is 453 g/mol. The highest BCUT2D eigenvalue weighted by Crippen LogP contribution is 2.32.